The Balaban J connectivity index is 1.91. The van der Waals surface area contributed by atoms with Crippen LogP contribution in [0.25, 0.3) is 0 Å². The van der Waals surface area contributed by atoms with Gasteiger partial charge in [0.15, 0.2) is 0 Å². The fourth-order valence-electron chi connectivity index (χ4n) is 2.05. The van der Waals surface area contributed by atoms with E-state index in [1.807, 2.05) is 27.7 Å². The Bertz CT molecular complexity index is 476. The molecule has 1 saturated heterocycles. The molecule has 0 atom stereocenters. The van der Waals surface area contributed by atoms with Crippen molar-refractivity contribution >= 4 is 11.9 Å². The fraction of sp³-hybridized carbons (Fsp3) is 0.643. The number of piperazine rings is 1. The minimum atomic E-state index is -0.448. The molecule has 0 N–H and O–H groups in total. The summed E-state index contributed by atoms with van der Waals surface area (Å²) in [6.07, 6.45) is 3.25. The normalized spacial score (nSPS) is 16.2. The van der Waals surface area contributed by atoms with Gasteiger partial charge in [-0.2, -0.15) is 0 Å². The Morgan fingerprint density at radius 1 is 1.20 bits per heavy atom. The van der Waals surface area contributed by atoms with Gasteiger partial charge in [0, 0.05) is 32.4 Å². The highest BCUT2D eigenvalue weighted by atomic mass is 16.6. The lowest BCUT2D eigenvalue weighted by Crippen LogP contribution is -2.50. The van der Waals surface area contributed by atoms with Crippen molar-refractivity contribution in [3.63, 3.8) is 0 Å². The van der Waals surface area contributed by atoms with Gasteiger partial charge < -0.3 is 14.5 Å². The van der Waals surface area contributed by atoms with E-state index in [0.29, 0.717) is 13.1 Å². The Kier molecular flexibility index (Phi) is 4.11. The number of hydrogen-bond donors (Lipinski definition) is 0. The minimum Gasteiger partial charge on any atom is -0.444 e. The van der Waals surface area contributed by atoms with Gasteiger partial charge in [-0.1, -0.05) is 0 Å². The molecular weight excluding hydrogens is 256 g/mol. The molecule has 0 aromatic carbocycles. The molecule has 20 heavy (non-hydrogen) atoms. The van der Waals surface area contributed by atoms with Crippen molar-refractivity contribution < 1.29 is 9.53 Å². The summed E-state index contributed by atoms with van der Waals surface area (Å²) in [4.78, 5) is 24.5. The van der Waals surface area contributed by atoms with E-state index in [2.05, 4.69) is 14.9 Å². The van der Waals surface area contributed by atoms with Gasteiger partial charge in [0.2, 0.25) is 0 Å². The zero-order valence-corrected chi connectivity index (χ0v) is 12.6. The lowest BCUT2D eigenvalue weighted by Gasteiger charge is -2.36. The Hall–Kier alpha value is -1.85. The van der Waals surface area contributed by atoms with Crippen LogP contribution < -0.4 is 4.90 Å². The zero-order valence-electron chi connectivity index (χ0n) is 12.6. The van der Waals surface area contributed by atoms with Gasteiger partial charge in [0.25, 0.3) is 0 Å². The first-order chi connectivity index (χ1) is 9.35. The molecule has 0 unspecified atom stereocenters. The average Bonchev–Trinajstić information content (AvgIpc) is 2.37. The van der Waals surface area contributed by atoms with Gasteiger partial charge >= 0.3 is 6.09 Å². The fourth-order valence-corrected chi connectivity index (χ4v) is 2.05. The van der Waals surface area contributed by atoms with Crippen LogP contribution in [0.2, 0.25) is 0 Å². The van der Waals surface area contributed by atoms with E-state index in [9.17, 15) is 4.79 Å². The second-order valence-corrected chi connectivity index (χ2v) is 5.97. The number of amides is 1. The summed E-state index contributed by atoms with van der Waals surface area (Å²) in [5, 5.41) is 0. The Morgan fingerprint density at radius 2 is 1.85 bits per heavy atom. The topological polar surface area (TPSA) is 58.6 Å². The van der Waals surface area contributed by atoms with Crippen molar-refractivity contribution in [1.82, 2.24) is 14.9 Å². The van der Waals surface area contributed by atoms with Gasteiger partial charge in [-0.25, -0.2) is 9.78 Å². The molecule has 0 radical (unpaired) electrons. The summed E-state index contributed by atoms with van der Waals surface area (Å²) in [6.45, 7) is 10.3. The maximum Gasteiger partial charge on any atom is 0.410 e. The Morgan fingerprint density at radius 3 is 2.40 bits per heavy atom. The van der Waals surface area contributed by atoms with Crippen LogP contribution in [0.3, 0.4) is 0 Å². The average molecular weight is 278 g/mol. The van der Waals surface area contributed by atoms with Gasteiger partial charge in [0.1, 0.15) is 11.4 Å². The first-order valence-corrected chi connectivity index (χ1v) is 6.87. The third-order valence-electron chi connectivity index (χ3n) is 3.00. The molecule has 2 heterocycles. The number of aryl methyl sites for hydroxylation is 1. The quantitative estimate of drug-likeness (QED) is 0.784. The van der Waals surface area contributed by atoms with Crippen molar-refractivity contribution in [2.45, 2.75) is 33.3 Å². The zero-order chi connectivity index (χ0) is 14.8. The second kappa shape index (κ2) is 5.64. The predicted octanol–water partition coefficient (Wildman–Crippen LogP) is 1.84. The molecule has 0 spiro atoms. The van der Waals surface area contributed by atoms with E-state index in [1.165, 1.54) is 0 Å². The lowest BCUT2D eigenvalue weighted by molar-refractivity contribution is 0.0240. The molecule has 6 nitrogen and oxygen atoms in total. The van der Waals surface area contributed by atoms with Crippen LogP contribution in [0.4, 0.5) is 10.6 Å². The molecular formula is C14H22N4O2. The maximum absolute atomic E-state index is 12.0. The standard InChI is InChI=1S/C14H22N4O2/c1-11-9-15-10-12(16-11)17-5-7-18(8-6-17)13(19)20-14(2,3)4/h9-10H,5-8H2,1-4H3. The number of nitrogens with zero attached hydrogens (tertiary/aromatic N) is 4. The first kappa shape index (κ1) is 14.6. The van der Waals surface area contributed by atoms with Gasteiger partial charge in [-0.15, -0.1) is 0 Å². The summed E-state index contributed by atoms with van der Waals surface area (Å²) in [6, 6.07) is 0. The van der Waals surface area contributed by atoms with E-state index in [1.54, 1.807) is 17.3 Å². The number of aromatic nitrogens is 2. The highest BCUT2D eigenvalue weighted by molar-refractivity contribution is 5.68. The summed E-state index contributed by atoms with van der Waals surface area (Å²) in [5.41, 5.74) is 0.452. The number of carbonyl (C=O) groups excluding carboxylic acids is 1. The van der Waals surface area contributed by atoms with Crippen LogP contribution in [0.15, 0.2) is 12.4 Å². The van der Waals surface area contributed by atoms with Crippen molar-refractivity contribution in [1.29, 1.82) is 0 Å². The summed E-state index contributed by atoms with van der Waals surface area (Å²) >= 11 is 0. The molecule has 6 heteroatoms. The molecule has 1 aliphatic rings. The van der Waals surface area contributed by atoms with E-state index in [0.717, 1.165) is 24.6 Å². The minimum absolute atomic E-state index is 0.243. The highest BCUT2D eigenvalue weighted by Crippen LogP contribution is 2.15. The molecule has 1 aromatic heterocycles. The summed E-state index contributed by atoms with van der Waals surface area (Å²) < 4.78 is 5.38. The third kappa shape index (κ3) is 3.82. The molecule has 0 saturated carbocycles. The molecule has 1 aliphatic heterocycles. The molecule has 0 aliphatic carbocycles. The number of ether oxygens (including phenoxy) is 1. The second-order valence-electron chi connectivity index (χ2n) is 5.97. The van der Waals surface area contributed by atoms with Crippen LogP contribution in [0.5, 0.6) is 0 Å². The van der Waals surface area contributed by atoms with E-state index in [4.69, 9.17) is 4.74 Å². The first-order valence-electron chi connectivity index (χ1n) is 6.87. The van der Waals surface area contributed by atoms with Crippen LogP contribution in [0, 0.1) is 6.92 Å². The number of anilines is 1. The SMILES string of the molecule is Cc1cncc(N2CCN(C(=O)OC(C)(C)C)CC2)n1. The lowest BCUT2D eigenvalue weighted by atomic mass is 10.2. The van der Waals surface area contributed by atoms with Crippen molar-refractivity contribution in [2.75, 3.05) is 31.1 Å². The monoisotopic (exact) mass is 278 g/mol. The van der Waals surface area contributed by atoms with E-state index in [-0.39, 0.29) is 6.09 Å². The van der Waals surface area contributed by atoms with Crippen LogP contribution in [-0.4, -0.2) is 52.7 Å². The van der Waals surface area contributed by atoms with Crippen LogP contribution in [0.1, 0.15) is 26.5 Å². The summed E-state index contributed by atoms with van der Waals surface area (Å²) in [5.74, 6) is 0.869. The van der Waals surface area contributed by atoms with Crippen LogP contribution >= 0.6 is 0 Å². The van der Waals surface area contributed by atoms with E-state index >= 15 is 0 Å². The summed E-state index contributed by atoms with van der Waals surface area (Å²) in [7, 11) is 0. The van der Waals surface area contributed by atoms with Crippen molar-refractivity contribution in [2.24, 2.45) is 0 Å². The number of rotatable bonds is 1. The number of hydrogen-bond acceptors (Lipinski definition) is 5. The molecule has 110 valence electrons. The van der Waals surface area contributed by atoms with Crippen LogP contribution in [-0.2, 0) is 4.74 Å². The van der Waals surface area contributed by atoms with Crippen molar-refractivity contribution in [3.8, 4) is 0 Å². The maximum atomic E-state index is 12.0. The van der Waals surface area contributed by atoms with Crippen molar-refractivity contribution in [3.05, 3.63) is 18.1 Å². The van der Waals surface area contributed by atoms with Gasteiger partial charge in [-0.05, 0) is 27.7 Å². The third-order valence-corrected chi connectivity index (χ3v) is 3.00. The molecule has 0 bridgehead atoms. The Labute approximate surface area is 119 Å². The predicted molar refractivity (Wildman–Crippen MR) is 76.8 cm³/mol. The smallest absolute Gasteiger partial charge is 0.410 e. The van der Waals surface area contributed by atoms with Gasteiger partial charge in [-0.3, -0.25) is 4.98 Å². The molecule has 1 fully saturated rings. The molecule has 1 amide bonds. The largest absolute Gasteiger partial charge is 0.444 e. The highest BCUT2D eigenvalue weighted by Gasteiger charge is 2.26. The number of carbonyl (C=O) groups is 1. The van der Waals surface area contributed by atoms with E-state index < -0.39 is 5.60 Å². The van der Waals surface area contributed by atoms with Gasteiger partial charge in [0.05, 0.1) is 11.9 Å². The molecule has 2 rings (SSSR count). The molecule has 1 aromatic rings.